The highest BCUT2D eigenvalue weighted by atomic mass is 16.5. The van der Waals surface area contributed by atoms with Crippen molar-refractivity contribution < 1.29 is 9.53 Å². The number of nitrogens with zero attached hydrogens (tertiary/aromatic N) is 1. The molecular formula is C20H27N3O3. The Bertz CT molecular complexity index is 838. The number of ether oxygens (including phenoxy) is 1. The van der Waals surface area contributed by atoms with Gasteiger partial charge in [-0.2, -0.15) is 0 Å². The third-order valence-corrected chi connectivity index (χ3v) is 5.10. The molecule has 6 nitrogen and oxygen atoms in total. The highest BCUT2D eigenvalue weighted by molar-refractivity contribution is 5.83. The van der Waals surface area contributed by atoms with Crippen LogP contribution < -0.4 is 10.9 Å². The average Bonchev–Trinajstić information content (AvgIpc) is 2.65. The van der Waals surface area contributed by atoms with E-state index in [0.717, 1.165) is 54.9 Å². The number of hydrogen-bond donors (Lipinski definition) is 2. The predicted molar refractivity (Wildman–Crippen MR) is 103 cm³/mol. The average molecular weight is 357 g/mol. The third-order valence-electron chi connectivity index (χ3n) is 5.10. The molecule has 1 aliphatic rings. The van der Waals surface area contributed by atoms with E-state index in [1.54, 1.807) is 0 Å². The number of aromatic amines is 1. The van der Waals surface area contributed by atoms with Gasteiger partial charge < -0.3 is 15.0 Å². The summed E-state index contributed by atoms with van der Waals surface area (Å²) in [5, 5.41) is 3.95. The summed E-state index contributed by atoms with van der Waals surface area (Å²) in [4.78, 5) is 29.6. The van der Waals surface area contributed by atoms with Gasteiger partial charge in [-0.25, -0.2) is 0 Å². The maximum Gasteiger partial charge on any atom is 0.251 e. The van der Waals surface area contributed by atoms with E-state index in [4.69, 9.17) is 4.74 Å². The van der Waals surface area contributed by atoms with E-state index >= 15 is 0 Å². The molecule has 140 valence electrons. The van der Waals surface area contributed by atoms with Gasteiger partial charge in [-0.05, 0) is 42.8 Å². The molecule has 0 unspecified atom stereocenters. The van der Waals surface area contributed by atoms with Gasteiger partial charge in [-0.15, -0.1) is 0 Å². The number of fused-ring (bicyclic) bond motifs is 1. The topological polar surface area (TPSA) is 74.4 Å². The van der Waals surface area contributed by atoms with E-state index in [2.05, 4.69) is 21.3 Å². The summed E-state index contributed by atoms with van der Waals surface area (Å²) >= 11 is 0. The summed E-state index contributed by atoms with van der Waals surface area (Å²) in [6.45, 7) is 8.87. The van der Waals surface area contributed by atoms with Gasteiger partial charge >= 0.3 is 0 Å². The molecule has 1 aliphatic heterocycles. The Morgan fingerprint density at radius 2 is 2.04 bits per heavy atom. The number of aromatic nitrogens is 1. The molecule has 1 aromatic carbocycles. The van der Waals surface area contributed by atoms with Crippen LogP contribution in [0.2, 0.25) is 0 Å². The quantitative estimate of drug-likeness (QED) is 0.822. The van der Waals surface area contributed by atoms with Gasteiger partial charge in [0.15, 0.2) is 0 Å². The number of carbonyl (C=O) groups excluding carboxylic acids is 1. The lowest BCUT2D eigenvalue weighted by Crippen LogP contribution is -2.41. The molecular weight excluding hydrogens is 330 g/mol. The number of nitrogens with one attached hydrogen (secondary N) is 2. The number of pyridine rings is 1. The van der Waals surface area contributed by atoms with E-state index in [1.165, 1.54) is 0 Å². The zero-order valence-corrected chi connectivity index (χ0v) is 15.6. The van der Waals surface area contributed by atoms with Crippen molar-refractivity contribution in [3.05, 3.63) is 45.2 Å². The first-order valence-corrected chi connectivity index (χ1v) is 9.23. The minimum Gasteiger partial charge on any atom is -0.379 e. The van der Waals surface area contributed by atoms with E-state index in [1.807, 2.05) is 26.0 Å². The normalized spacial score (nSPS) is 15.3. The first-order chi connectivity index (χ1) is 12.5. The highest BCUT2D eigenvalue weighted by Crippen LogP contribution is 2.19. The number of benzene rings is 1. The maximum absolute atomic E-state index is 12.3. The monoisotopic (exact) mass is 357 g/mol. The van der Waals surface area contributed by atoms with Crippen LogP contribution in [0, 0.1) is 13.8 Å². The van der Waals surface area contributed by atoms with Crippen LogP contribution in [0.5, 0.6) is 0 Å². The van der Waals surface area contributed by atoms with E-state index in [-0.39, 0.29) is 11.5 Å². The Balaban J connectivity index is 1.53. The van der Waals surface area contributed by atoms with E-state index in [0.29, 0.717) is 24.9 Å². The largest absolute Gasteiger partial charge is 0.379 e. The highest BCUT2D eigenvalue weighted by Gasteiger charge is 2.11. The van der Waals surface area contributed by atoms with Crippen LogP contribution in [0.4, 0.5) is 0 Å². The van der Waals surface area contributed by atoms with Crippen LogP contribution in [0.3, 0.4) is 0 Å². The van der Waals surface area contributed by atoms with Crippen molar-refractivity contribution in [1.29, 1.82) is 0 Å². The standard InChI is InChI=1S/C20H27N3O3/c1-14-3-4-16-13-17(20(25)22-19(16)15(14)2)5-6-18(24)21-7-8-23-9-11-26-12-10-23/h3-4,13H,5-12H2,1-2H3,(H,21,24)(H,22,25). The lowest BCUT2D eigenvalue weighted by molar-refractivity contribution is -0.121. The van der Waals surface area contributed by atoms with Gasteiger partial charge in [-0.3, -0.25) is 14.5 Å². The first-order valence-electron chi connectivity index (χ1n) is 9.23. The molecule has 0 bridgehead atoms. The molecule has 1 saturated heterocycles. The molecule has 0 spiro atoms. The number of carbonyl (C=O) groups is 1. The van der Waals surface area contributed by atoms with Crippen LogP contribution in [0.1, 0.15) is 23.1 Å². The first kappa shape index (κ1) is 18.6. The van der Waals surface area contributed by atoms with Crippen LogP contribution in [0.15, 0.2) is 23.0 Å². The molecule has 1 fully saturated rings. The minimum absolute atomic E-state index is 0.0159. The summed E-state index contributed by atoms with van der Waals surface area (Å²) in [5.74, 6) is -0.0159. The Morgan fingerprint density at radius 1 is 1.27 bits per heavy atom. The van der Waals surface area contributed by atoms with Gasteiger partial charge in [0, 0.05) is 38.2 Å². The van der Waals surface area contributed by atoms with Crippen LogP contribution in [-0.2, 0) is 16.0 Å². The van der Waals surface area contributed by atoms with Crippen molar-refractivity contribution in [2.24, 2.45) is 0 Å². The number of hydrogen-bond acceptors (Lipinski definition) is 4. The fraction of sp³-hybridized carbons (Fsp3) is 0.500. The maximum atomic E-state index is 12.3. The Kier molecular flexibility index (Phi) is 6.06. The molecule has 1 amide bonds. The van der Waals surface area contributed by atoms with Crippen molar-refractivity contribution in [3.8, 4) is 0 Å². The SMILES string of the molecule is Cc1ccc2cc(CCC(=O)NCCN3CCOCC3)c(=O)[nH]c2c1C. The minimum atomic E-state index is -0.104. The molecule has 2 heterocycles. The number of aryl methyl sites for hydroxylation is 3. The van der Waals surface area contributed by atoms with Gasteiger partial charge in [0.25, 0.3) is 5.56 Å². The van der Waals surface area contributed by atoms with Gasteiger partial charge in [0.1, 0.15) is 0 Å². The fourth-order valence-electron chi connectivity index (χ4n) is 3.27. The van der Waals surface area contributed by atoms with Crippen LogP contribution in [0.25, 0.3) is 10.9 Å². The molecule has 2 aromatic rings. The molecule has 0 aliphatic carbocycles. The van der Waals surface area contributed by atoms with Crippen molar-refractivity contribution >= 4 is 16.8 Å². The predicted octanol–water partition coefficient (Wildman–Crippen LogP) is 1.53. The Morgan fingerprint density at radius 3 is 2.81 bits per heavy atom. The van der Waals surface area contributed by atoms with Crippen molar-refractivity contribution in [3.63, 3.8) is 0 Å². The van der Waals surface area contributed by atoms with Crippen molar-refractivity contribution in [2.45, 2.75) is 26.7 Å². The summed E-state index contributed by atoms with van der Waals surface area (Å²) in [6, 6.07) is 5.97. The second-order valence-corrected chi connectivity index (χ2v) is 6.90. The lowest BCUT2D eigenvalue weighted by atomic mass is 10.0. The number of morpholine rings is 1. The van der Waals surface area contributed by atoms with Gasteiger partial charge in [0.05, 0.1) is 18.7 Å². The fourth-order valence-corrected chi connectivity index (χ4v) is 3.27. The second kappa shape index (κ2) is 8.47. The zero-order chi connectivity index (χ0) is 18.5. The van der Waals surface area contributed by atoms with E-state index < -0.39 is 0 Å². The van der Waals surface area contributed by atoms with Crippen LogP contribution in [-0.4, -0.2) is 55.2 Å². The van der Waals surface area contributed by atoms with E-state index in [9.17, 15) is 9.59 Å². The summed E-state index contributed by atoms with van der Waals surface area (Å²) in [7, 11) is 0. The molecule has 0 atom stereocenters. The number of amides is 1. The molecule has 1 aromatic heterocycles. The lowest BCUT2D eigenvalue weighted by Gasteiger charge is -2.26. The summed E-state index contributed by atoms with van der Waals surface area (Å²) < 4.78 is 5.31. The summed E-state index contributed by atoms with van der Waals surface area (Å²) in [6.07, 6.45) is 0.768. The molecule has 6 heteroatoms. The van der Waals surface area contributed by atoms with Crippen molar-refractivity contribution in [1.82, 2.24) is 15.2 Å². The third kappa shape index (κ3) is 4.51. The van der Waals surface area contributed by atoms with Crippen LogP contribution >= 0.6 is 0 Å². The molecule has 3 rings (SSSR count). The smallest absolute Gasteiger partial charge is 0.251 e. The summed E-state index contributed by atoms with van der Waals surface area (Å²) in [5.41, 5.74) is 3.68. The van der Waals surface area contributed by atoms with Gasteiger partial charge in [-0.1, -0.05) is 12.1 Å². The second-order valence-electron chi connectivity index (χ2n) is 6.90. The molecule has 2 N–H and O–H groups in total. The van der Waals surface area contributed by atoms with Gasteiger partial charge in [0.2, 0.25) is 5.91 Å². The Hall–Kier alpha value is -2.18. The number of rotatable bonds is 6. The molecule has 0 saturated carbocycles. The zero-order valence-electron chi connectivity index (χ0n) is 15.6. The molecule has 26 heavy (non-hydrogen) atoms. The van der Waals surface area contributed by atoms with Crippen molar-refractivity contribution in [2.75, 3.05) is 39.4 Å². The molecule has 0 radical (unpaired) electrons. The Labute approximate surface area is 153 Å². The number of H-pyrrole nitrogens is 1.